The van der Waals surface area contributed by atoms with Gasteiger partial charge in [-0.05, 0) is 54.0 Å². The van der Waals surface area contributed by atoms with E-state index in [2.05, 4.69) is 20.7 Å². The van der Waals surface area contributed by atoms with Crippen molar-refractivity contribution in [3.05, 3.63) is 60.2 Å². The maximum Gasteiger partial charge on any atom is 0.251 e. The predicted molar refractivity (Wildman–Crippen MR) is 114 cm³/mol. The van der Waals surface area contributed by atoms with E-state index in [0.29, 0.717) is 18.2 Å². The number of nitrogens with one attached hydrogen (secondary N) is 1. The average molecular weight is 442 g/mol. The first kappa shape index (κ1) is 23.0. The molecular weight excluding hydrogens is 418 g/mol. The van der Waals surface area contributed by atoms with E-state index >= 15 is 0 Å². The van der Waals surface area contributed by atoms with Crippen LogP contribution in [0.5, 0.6) is 0 Å². The highest BCUT2D eigenvalue weighted by Crippen LogP contribution is 2.18. The van der Waals surface area contributed by atoms with Crippen LogP contribution in [-0.4, -0.2) is 45.1 Å². The molecule has 8 nitrogen and oxygen atoms in total. The summed E-state index contributed by atoms with van der Waals surface area (Å²) in [7, 11) is 0. The van der Waals surface area contributed by atoms with Gasteiger partial charge in [0, 0.05) is 12.2 Å². The van der Waals surface area contributed by atoms with Crippen LogP contribution >= 0.6 is 0 Å². The fourth-order valence-corrected chi connectivity index (χ4v) is 2.91. The van der Waals surface area contributed by atoms with E-state index in [0.717, 1.165) is 11.2 Å². The summed E-state index contributed by atoms with van der Waals surface area (Å²) >= 11 is 0. The Hall–Kier alpha value is -3.69. The predicted octanol–water partition coefficient (Wildman–Crippen LogP) is 2.81. The topological polar surface area (TPSA) is 93.0 Å². The van der Waals surface area contributed by atoms with Crippen LogP contribution in [0.3, 0.4) is 0 Å². The smallest absolute Gasteiger partial charge is 0.251 e. The van der Waals surface area contributed by atoms with E-state index in [1.54, 1.807) is 12.1 Å². The van der Waals surface area contributed by atoms with Crippen LogP contribution in [0.2, 0.25) is 0 Å². The number of anilines is 1. The molecule has 10 heteroatoms. The summed E-state index contributed by atoms with van der Waals surface area (Å²) in [5.41, 5.74) is 0.510. The van der Waals surface area contributed by atoms with Crippen molar-refractivity contribution in [2.75, 3.05) is 18.0 Å². The van der Waals surface area contributed by atoms with Crippen LogP contribution < -0.4 is 10.2 Å². The molecular formula is C22H24F2N6O2. The lowest BCUT2D eigenvalue weighted by Crippen LogP contribution is -2.43. The summed E-state index contributed by atoms with van der Waals surface area (Å²) in [6.07, 6.45) is 0.804. The summed E-state index contributed by atoms with van der Waals surface area (Å²) in [6, 6.07) is 11.2. The van der Waals surface area contributed by atoms with Gasteiger partial charge in [0.1, 0.15) is 24.7 Å². The number of carbonyl (C=O) groups excluding carboxylic acids is 2. The first-order chi connectivity index (χ1) is 15.3. The Bertz CT molecular complexity index is 1070. The van der Waals surface area contributed by atoms with E-state index in [1.807, 2.05) is 13.8 Å². The molecule has 0 saturated heterocycles. The third-order valence-corrected chi connectivity index (χ3v) is 4.63. The third-order valence-electron chi connectivity index (χ3n) is 4.63. The highest BCUT2D eigenvalue weighted by molar-refractivity contribution is 5.98. The van der Waals surface area contributed by atoms with Gasteiger partial charge in [-0.15, -0.1) is 10.2 Å². The second-order valence-electron chi connectivity index (χ2n) is 7.61. The number of hydrogen-bond acceptors (Lipinski definition) is 5. The van der Waals surface area contributed by atoms with Crippen molar-refractivity contribution in [2.45, 2.75) is 26.8 Å². The van der Waals surface area contributed by atoms with Crippen LogP contribution in [0.25, 0.3) is 11.4 Å². The number of rotatable bonds is 9. The average Bonchev–Trinajstić information content (AvgIpc) is 3.21. The molecule has 0 aliphatic heterocycles. The summed E-state index contributed by atoms with van der Waals surface area (Å²) < 4.78 is 27.3. The van der Waals surface area contributed by atoms with E-state index < -0.39 is 17.5 Å². The van der Waals surface area contributed by atoms with Crippen LogP contribution in [0.1, 0.15) is 20.3 Å². The lowest BCUT2D eigenvalue weighted by molar-refractivity contribution is -0.124. The van der Waals surface area contributed by atoms with E-state index in [9.17, 15) is 18.4 Å². The van der Waals surface area contributed by atoms with Crippen molar-refractivity contribution in [3.63, 3.8) is 0 Å². The summed E-state index contributed by atoms with van der Waals surface area (Å²) in [6.45, 7) is 3.98. The number of nitrogens with zero attached hydrogens (tertiary/aromatic N) is 5. The number of tetrazole rings is 1. The highest BCUT2D eigenvalue weighted by atomic mass is 19.1. The zero-order chi connectivity index (χ0) is 23.1. The standard InChI is InChI=1S/C22H24F2N6O2/c1-15(2)11-12-25-20(31)13-29(17-9-7-16(23)8-10-17)21(32)14-30-27-22(26-28-30)18-5-3-4-6-19(18)24/h3-10,15H,11-14H2,1-2H3,(H,25,31). The van der Waals surface area contributed by atoms with Crippen molar-refractivity contribution in [1.82, 2.24) is 25.5 Å². The van der Waals surface area contributed by atoms with Gasteiger partial charge in [-0.25, -0.2) is 8.78 Å². The zero-order valence-electron chi connectivity index (χ0n) is 17.8. The normalized spacial score (nSPS) is 10.9. The molecule has 0 atom stereocenters. The minimum Gasteiger partial charge on any atom is -0.355 e. The minimum absolute atomic E-state index is 0.0376. The number of amides is 2. The number of benzene rings is 2. The summed E-state index contributed by atoms with van der Waals surface area (Å²) in [5.74, 6) is -1.36. The Balaban J connectivity index is 1.74. The van der Waals surface area contributed by atoms with Crippen LogP contribution in [0.4, 0.5) is 14.5 Å². The number of carbonyl (C=O) groups is 2. The first-order valence-corrected chi connectivity index (χ1v) is 10.2. The van der Waals surface area contributed by atoms with Gasteiger partial charge in [0.25, 0.3) is 5.91 Å². The van der Waals surface area contributed by atoms with Crippen molar-refractivity contribution >= 4 is 17.5 Å². The molecule has 3 aromatic rings. The molecule has 0 fully saturated rings. The van der Waals surface area contributed by atoms with Gasteiger partial charge in [-0.3, -0.25) is 9.59 Å². The monoisotopic (exact) mass is 442 g/mol. The SMILES string of the molecule is CC(C)CCNC(=O)CN(C(=O)Cn1nnc(-c2ccccc2F)n1)c1ccc(F)cc1. The highest BCUT2D eigenvalue weighted by Gasteiger charge is 2.21. The Morgan fingerprint density at radius 2 is 1.81 bits per heavy atom. The van der Waals surface area contributed by atoms with Gasteiger partial charge in [-0.2, -0.15) is 4.80 Å². The minimum atomic E-state index is -0.510. The van der Waals surface area contributed by atoms with Gasteiger partial charge in [0.15, 0.2) is 0 Å². The molecule has 1 N–H and O–H groups in total. The van der Waals surface area contributed by atoms with E-state index in [4.69, 9.17) is 0 Å². The van der Waals surface area contributed by atoms with E-state index in [-0.39, 0.29) is 30.4 Å². The van der Waals surface area contributed by atoms with Crippen molar-refractivity contribution < 1.29 is 18.4 Å². The fraction of sp³-hybridized carbons (Fsp3) is 0.318. The van der Waals surface area contributed by atoms with Gasteiger partial charge in [0.05, 0.1) is 5.56 Å². The molecule has 168 valence electrons. The molecule has 1 aromatic heterocycles. The molecule has 0 bridgehead atoms. The molecule has 0 radical (unpaired) electrons. The number of aromatic nitrogens is 4. The molecule has 2 aromatic carbocycles. The largest absolute Gasteiger partial charge is 0.355 e. The molecule has 2 amide bonds. The van der Waals surface area contributed by atoms with Gasteiger partial charge >= 0.3 is 0 Å². The molecule has 1 heterocycles. The molecule has 0 spiro atoms. The molecule has 0 aliphatic carbocycles. The van der Waals surface area contributed by atoms with Crippen LogP contribution in [-0.2, 0) is 16.1 Å². The van der Waals surface area contributed by atoms with Crippen LogP contribution in [0.15, 0.2) is 48.5 Å². The second-order valence-corrected chi connectivity index (χ2v) is 7.61. The Kier molecular flexibility index (Phi) is 7.58. The Labute approximate surface area is 184 Å². The maximum atomic E-state index is 14.0. The van der Waals surface area contributed by atoms with Crippen LogP contribution in [0, 0.1) is 17.6 Å². The maximum absolute atomic E-state index is 14.0. The third kappa shape index (κ3) is 6.16. The molecule has 0 unspecified atom stereocenters. The summed E-state index contributed by atoms with van der Waals surface area (Å²) in [4.78, 5) is 27.6. The lowest BCUT2D eigenvalue weighted by Gasteiger charge is -2.22. The molecule has 3 rings (SSSR count). The zero-order valence-corrected chi connectivity index (χ0v) is 17.8. The second kappa shape index (κ2) is 10.6. The van der Waals surface area contributed by atoms with Gasteiger partial charge in [0.2, 0.25) is 11.7 Å². The molecule has 0 saturated carbocycles. The molecule has 0 aliphatic rings. The van der Waals surface area contributed by atoms with Gasteiger partial charge in [-0.1, -0.05) is 26.0 Å². The van der Waals surface area contributed by atoms with Crippen molar-refractivity contribution in [2.24, 2.45) is 5.92 Å². The quantitative estimate of drug-likeness (QED) is 0.550. The lowest BCUT2D eigenvalue weighted by atomic mass is 10.1. The first-order valence-electron chi connectivity index (χ1n) is 10.2. The number of hydrogen-bond donors (Lipinski definition) is 1. The number of halogens is 2. The Morgan fingerprint density at radius 3 is 2.50 bits per heavy atom. The Morgan fingerprint density at radius 1 is 1.09 bits per heavy atom. The van der Waals surface area contributed by atoms with E-state index in [1.165, 1.54) is 41.3 Å². The summed E-state index contributed by atoms with van der Waals surface area (Å²) in [5, 5.41) is 14.5. The van der Waals surface area contributed by atoms with Crippen molar-refractivity contribution in [3.8, 4) is 11.4 Å². The molecule has 32 heavy (non-hydrogen) atoms. The fourth-order valence-electron chi connectivity index (χ4n) is 2.91. The van der Waals surface area contributed by atoms with Gasteiger partial charge < -0.3 is 10.2 Å². The van der Waals surface area contributed by atoms with Crippen molar-refractivity contribution in [1.29, 1.82) is 0 Å².